The second-order valence-electron chi connectivity index (χ2n) is 5.37. The molecular weight excluding hydrogens is 220 g/mol. The van der Waals surface area contributed by atoms with Crippen LogP contribution in [0.15, 0.2) is 0 Å². The highest BCUT2D eigenvalue weighted by atomic mass is 16.6. The van der Waals surface area contributed by atoms with Gasteiger partial charge in [-0.2, -0.15) is 4.68 Å². The lowest BCUT2D eigenvalue weighted by Gasteiger charge is -2.19. The molecule has 1 aliphatic heterocycles. The van der Waals surface area contributed by atoms with Crippen LogP contribution < -0.4 is 5.73 Å². The SMILES string of the molecule is CN1Cc2c(N)nn(C(=O)OC(C)(C)C)c2C1. The fourth-order valence-corrected chi connectivity index (χ4v) is 1.88. The Morgan fingerprint density at radius 3 is 2.65 bits per heavy atom. The maximum atomic E-state index is 11.9. The van der Waals surface area contributed by atoms with Crippen molar-refractivity contribution in [2.24, 2.45) is 0 Å². The molecule has 0 radical (unpaired) electrons. The molecular formula is C11H18N4O2. The highest BCUT2D eigenvalue weighted by Crippen LogP contribution is 2.26. The Morgan fingerprint density at radius 1 is 1.41 bits per heavy atom. The summed E-state index contributed by atoms with van der Waals surface area (Å²) in [5.74, 6) is 0.412. The molecule has 0 fully saturated rings. The van der Waals surface area contributed by atoms with Gasteiger partial charge in [0.1, 0.15) is 5.60 Å². The molecule has 1 aromatic heterocycles. The van der Waals surface area contributed by atoms with Gasteiger partial charge in [0, 0.05) is 18.7 Å². The van der Waals surface area contributed by atoms with Crippen LogP contribution in [0.25, 0.3) is 0 Å². The molecule has 1 aliphatic rings. The first-order chi connectivity index (χ1) is 7.78. The smallest absolute Gasteiger partial charge is 0.435 e. The third-order valence-corrected chi connectivity index (χ3v) is 2.54. The van der Waals surface area contributed by atoms with Crippen molar-refractivity contribution >= 4 is 11.9 Å². The minimum Gasteiger partial charge on any atom is -0.442 e. The summed E-state index contributed by atoms with van der Waals surface area (Å²) in [6.45, 7) is 6.86. The number of nitrogens with two attached hydrogens (primary N) is 1. The van der Waals surface area contributed by atoms with Crippen LogP contribution in [0.5, 0.6) is 0 Å². The number of hydrogen-bond donors (Lipinski definition) is 1. The molecule has 0 aliphatic carbocycles. The number of hydrogen-bond acceptors (Lipinski definition) is 5. The Bertz CT molecular complexity index is 459. The Balaban J connectivity index is 2.29. The molecule has 94 valence electrons. The zero-order chi connectivity index (χ0) is 12.8. The first-order valence-electron chi connectivity index (χ1n) is 5.56. The van der Waals surface area contributed by atoms with E-state index in [1.165, 1.54) is 4.68 Å². The van der Waals surface area contributed by atoms with Crippen LogP contribution in [-0.4, -0.2) is 33.4 Å². The van der Waals surface area contributed by atoms with Crippen LogP contribution >= 0.6 is 0 Å². The molecule has 0 aromatic carbocycles. The lowest BCUT2D eigenvalue weighted by molar-refractivity contribution is 0.0508. The molecule has 0 saturated heterocycles. The van der Waals surface area contributed by atoms with E-state index in [1.54, 1.807) is 0 Å². The minimum absolute atomic E-state index is 0.412. The normalized spacial score (nSPS) is 16.0. The Labute approximate surface area is 100 Å². The molecule has 6 heteroatoms. The second-order valence-corrected chi connectivity index (χ2v) is 5.37. The summed E-state index contributed by atoms with van der Waals surface area (Å²) in [5, 5.41) is 4.04. The van der Waals surface area contributed by atoms with Crippen molar-refractivity contribution in [2.75, 3.05) is 12.8 Å². The average Bonchev–Trinajstić information content (AvgIpc) is 2.63. The Morgan fingerprint density at radius 2 is 2.06 bits per heavy atom. The van der Waals surface area contributed by atoms with E-state index < -0.39 is 11.7 Å². The van der Waals surface area contributed by atoms with Gasteiger partial charge in [-0.1, -0.05) is 0 Å². The molecule has 0 spiro atoms. The van der Waals surface area contributed by atoms with Gasteiger partial charge < -0.3 is 10.5 Å². The number of aromatic nitrogens is 2. The molecule has 6 nitrogen and oxygen atoms in total. The summed E-state index contributed by atoms with van der Waals surface area (Å²) in [6.07, 6.45) is -0.472. The summed E-state index contributed by atoms with van der Waals surface area (Å²) in [4.78, 5) is 14.0. The number of ether oxygens (including phenoxy) is 1. The largest absolute Gasteiger partial charge is 0.442 e. The van der Waals surface area contributed by atoms with Gasteiger partial charge in [0.15, 0.2) is 5.82 Å². The van der Waals surface area contributed by atoms with E-state index >= 15 is 0 Å². The van der Waals surface area contributed by atoms with E-state index in [4.69, 9.17) is 10.5 Å². The number of nitrogens with zero attached hydrogens (tertiary/aromatic N) is 3. The fourth-order valence-electron chi connectivity index (χ4n) is 1.88. The number of carbonyl (C=O) groups is 1. The van der Waals surface area contributed by atoms with Gasteiger partial charge in [-0.25, -0.2) is 4.79 Å². The van der Waals surface area contributed by atoms with Crippen LogP contribution in [0, 0.1) is 0 Å². The summed E-state index contributed by atoms with van der Waals surface area (Å²) in [5.41, 5.74) is 7.02. The van der Waals surface area contributed by atoms with Crippen molar-refractivity contribution in [2.45, 2.75) is 39.5 Å². The minimum atomic E-state index is -0.533. The summed E-state index contributed by atoms with van der Waals surface area (Å²) in [7, 11) is 1.97. The maximum absolute atomic E-state index is 11.9. The summed E-state index contributed by atoms with van der Waals surface area (Å²) < 4.78 is 6.56. The molecule has 0 saturated carbocycles. The first kappa shape index (κ1) is 11.9. The third-order valence-electron chi connectivity index (χ3n) is 2.54. The summed E-state index contributed by atoms with van der Waals surface area (Å²) in [6, 6.07) is 0. The molecule has 0 unspecified atom stereocenters. The zero-order valence-corrected chi connectivity index (χ0v) is 10.6. The Hall–Kier alpha value is -1.56. The first-order valence-corrected chi connectivity index (χ1v) is 5.56. The van der Waals surface area contributed by atoms with Gasteiger partial charge in [0.05, 0.1) is 5.69 Å². The van der Waals surface area contributed by atoms with E-state index in [-0.39, 0.29) is 0 Å². The van der Waals surface area contributed by atoms with Crippen molar-refractivity contribution in [3.8, 4) is 0 Å². The van der Waals surface area contributed by atoms with Crippen LogP contribution in [0.3, 0.4) is 0 Å². The number of anilines is 1. The number of nitrogen functional groups attached to an aromatic ring is 1. The topological polar surface area (TPSA) is 73.4 Å². The monoisotopic (exact) mass is 238 g/mol. The van der Waals surface area contributed by atoms with Gasteiger partial charge >= 0.3 is 6.09 Å². The molecule has 1 aromatic rings. The third kappa shape index (κ3) is 2.26. The maximum Gasteiger partial charge on any atom is 0.435 e. The molecule has 0 bridgehead atoms. The van der Waals surface area contributed by atoms with Crippen LogP contribution in [-0.2, 0) is 17.8 Å². The predicted octanol–water partition coefficient (Wildman–Crippen LogP) is 1.19. The van der Waals surface area contributed by atoms with E-state index in [0.717, 1.165) is 17.8 Å². The van der Waals surface area contributed by atoms with Gasteiger partial charge in [-0.15, -0.1) is 5.10 Å². The molecule has 0 amide bonds. The number of rotatable bonds is 0. The predicted molar refractivity (Wildman–Crippen MR) is 63.4 cm³/mol. The average molecular weight is 238 g/mol. The van der Waals surface area contributed by atoms with Crippen molar-refractivity contribution in [3.63, 3.8) is 0 Å². The second kappa shape index (κ2) is 3.73. The van der Waals surface area contributed by atoms with E-state index in [9.17, 15) is 4.79 Å². The van der Waals surface area contributed by atoms with Crippen molar-refractivity contribution < 1.29 is 9.53 Å². The molecule has 0 atom stereocenters. The van der Waals surface area contributed by atoms with E-state index in [1.807, 2.05) is 27.8 Å². The highest BCUT2D eigenvalue weighted by molar-refractivity contribution is 5.72. The molecule has 2 rings (SSSR count). The van der Waals surface area contributed by atoms with Gasteiger partial charge in [-0.3, -0.25) is 4.90 Å². The lowest BCUT2D eigenvalue weighted by Crippen LogP contribution is -2.29. The molecule has 2 heterocycles. The molecule has 17 heavy (non-hydrogen) atoms. The Kier molecular flexibility index (Phi) is 2.61. The summed E-state index contributed by atoms with van der Waals surface area (Å²) >= 11 is 0. The fraction of sp³-hybridized carbons (Fsp3) is 0.636. The van der Waals surface area contributed by atoms with Crippen LogP contribution in [0.2, 0.25) is 0 Å². The zero-order valence-electron chi connectivity index (χ0n) is 10.6. The highest BCUT2D eigenvalue weighted by Gasteiger charge is 2.29. The van der Waals surface area contributed by atoms with Gasteiger partial charge in [0.25, 0.3) is 0 Å². The van der Waals surface area contributed by atoms with Crippen molar-refractivity contribution in [1.82, 2.24) is 14.7 Å². The van der Waals surface area contributed by atoms with Gasteiger partial charge in [-0.05, 0) is 27.8 Å². The number of carbonyl (C=O) groups excluding carboxylic acids is 1. The van der Waals surface area contributed by atoms with Crippen molar-refractivity contribution in [3.05, 3.63) is 11.3 Å². The lowest BCUT2D eigenvalue weighted by atomic mass is 10.2. The van der Waals surface area contributed by atoms with Crippen molar-refractivity contribution in [1.29, 1.82) is 0 Å². The van der Waals surface area contributed by atoms with E-state index in [2.05, 4.69) is 10.00 Å². The standard InChI is InChI=1S/C11H18N4O2/c1-11(2,3)17-10(16)15-8-6-14(4)5-7(8)9(12)13-15/h5-6H2,1-4H3,(H2,12,13). The van der Waals surface area contributed by atoms with Crippen LogP contribution in [0.1, 0.15) is 32.0 Å². The van der Waals surface area contributed by atoms with Gasteiger partial charge in [0.2, 0.25) is 0 Å². The van der Waals surface area contributed by atoms with E-state index in [0.29, 0.717) is 12.4 Å². The molecule has 2 N–H and O–H groups in total. The van der Waals surface area contributed by atoms with Crippen LogP contribution in [0.4, 0.5) is 10.6 Å². The number of fused-ring (bicyclic) bond motifs is 1. The quantitative estimate of drug-likeness (QED) is 0.735.